The second-order valence-corrected chi connectivity index (χ2v) is 7.65. The molecule has 0 aliphatic carbocycles. The number of nitrogens with one attached hydrogen (secondary N) is 1. The van der Waals surface area contributed by atoms with E-state index in [9.17, 15) is 0 Å². The van der Waals surface area contributed by atoms with E-state index in [-0.39, 0.29) is 32.6 Å². The molecule has 0 saturated carbocycles. The summed E-state index contributed by atoms with van der Waals surface area (Å²) in [6.07, 6.45) is 3.41. The van der Waals surface area contributed by atoms with E-state index in [0.717, 1.165) is 19.4 Å². The van der Waals surface area contributed by atoms with Gasteiger partial charge in [0.1, 0.15) is 17.3 Å². The first-order valence-electron chi connectivity index (χ1n) is 9.43. The maximum atomic E-state index is 15.5. The number of rotatable bonds is 5. The smallest absolute Gasteiger partial charge is 0.223 e. The van der Waals surface area contributed by atoms with Crippen molar-refractivity contribution >= 4 is 40.1 Å². The zero-order chi connectivity index (χ0) is 21.3. The molecule has 1 saturated heterocycles. The summed E-state index contributed by atoms with van der Waals surface area (Å²) in [4.78, 5) is 8.72. The quantitative estimate of drug-likeness (QED) is 0.563. The molecule has 2 aromatic carbocycles. The predicted octanol–water partition coefficient (Wildman–Crippen LogP) is 5.35. The Morgan fingerprint density at radius 2 is 1.90 bits per heavy atom. The van der Waals surface area contributed by atoms with Crippen molar-refractivity contribution in [2.45, 2.75) is 18.9 Å². The largest absolute Gasteiger partial charge is 0.495 e. The summed E-state index contributed by atoms with van der Waals surface area (Å²) < 4.78 is 31.5. The zero-order valence-corrected chi connectivity index (χ0v) is 18.0. The Bertz CT molecular complexity index is 1060. The van der Waals surface area contributed by atoms with Crippen LogP contribution in [0, 0.1) is 5.82 Å². The summed E-state index contributed by atoms with van der Waals surface area (Å²) in [7, 11) is 2.93. The van der Waals surface area contributed by atoms with E-state index < -0.39 is 5.82 Å². The SMILES string of the molecule is COc1cc(OC)c(Cl)c(-c2ccc3nc(NC4CCCOC4)ncc3c2F)c1Cl. The van der Waals surface area contributed by atoms with E-state index in [4.69, 9.17) is 37.4 Å². The number of benzene rings is 2. The molecule has 1 atom stereocenters. The molecule has 4 rings (SSSR count). The Morgan fingerprint density at radius 1 is 1.17 bits per heavy atom. The third-order valence-electron chi connectivity index (χ3n) is 5.04. The van der Waals surface area contributed by atoms with Crippen LogP contribution in [-0.2, 0) is 4.74 Å². The number of hydrogen-bond acceptors (Lipinski definition) is 6. The van der Waals surface area contributed by atoms with E-state index in [0.29, 0.717) is 29.6 Å². The minimum absolute atomic E-state index is 0.141. The second-order valence-electron chi connectivity index (χ2n) is 6.90. The van der Waals surface area contributed by atoms with Crippen LogP contribution >= 0.6 is 23.2 Å². The van der Waals surface area contributed by atoms with Crippen LogP contribution in [0.1, 0.15) is 12.8 Å². The second kappa shape index (κ2) is 8.79. The van der Waals surface area contributed by atoms with Gasteiger partial charge < -0.3 is 19.5 Å². The molecule has 0 amide bonds. The minimum atomic E-state index is -0.529. The zero-order valence-electron chi connectivity index (χ0n) is 16.5. The van der Waals surface area contributed by atoms with E-state index in [1.54, 1.807) is 18.2 Å². The van der Waals surface area contributed by atoms with Crippen molar-refractivity contribution in [3.8, 4) is 22.6 Å². The Hall–Kier alpha value is -2.35. The van der Waals surface area contributed by atoms with Crippen LogP contribution in [-0.4, -0.2) is 43.4 Å². The van der Waals surface area contributed by atoms with Crippen LogP contribution in [0.5, 0.6) is 11.5 Å². The maximum Gasteiger partial charge on any atom is 0.223 e. The summed E-state index contributed by atoms with van der Waals surface area (Å²) in [6, 6.07) is 4.99. The summed E-state index contributed by atoms with van der Waals surface area (Å²) in [5.41, 5.74) is 0.961. The van der Waals surface area contributed by atoms with E-state index in [1.165, 1.54) is 20.4 Å². The topological polar surface area (TPSA) is 65.5 Å². The third kappa shape index (κ3) is 3.85. The number of halogens is 3. The highest BCUT2D eigenvalue weighted by Gasteiger charge is 2.23. The average molecular weight is 452 g/mol. The molecule has 3 aromatic rings. The normalized spacial score (nSPS) is 16.5. The first-order valence-corrected chi connectivity index (χ1v) is 10.2. The van der Waals surface area contributed by atoms with Gasteiger partial charge in [-0.25, -0.2) is 14.4 Å². The third-order valence-corrected chi connectivity index (χ3v) is 5.79. The molecule has 2 heterocycles. The molecule has 0 spiro atoms. The molecule has 158 valence electrons. The standard InChI is InChI=1S/C21H20Cl2FN3O3/c1-28-15-8-16(29-2)19(23)17(18(15)22)12-5-6-14-13(20(12)24)9-25-21(27-14)26-11-4-3-7-30-10-11/h5-6,8-9,11H,3-4,7,10H2,1-2H3,(H,25,26,27). The molecule has 1 N–H and O–H groups in total. The van der Waals surface area contributed by atoms with Gasteiger partial charge in [-0.3, -0.25) is 0 Å². The maximum absolute atomic E-state index is 15.5. The van der Waals surface area contributed by atoms with Gasteiger partial charge in [-0.05, 0) is 25.0 Å². The molecule has 1 fully saturated rings. The lowest BCUT2D eigenvalue weighted by atomic mass is 10.0. The lowest BCUT2D eigenvalue weighted by Gasteiger charge is -2.23. The summed E-state index contributed by atoms with van der Waals surface area (Å²) in [6.45, 7) is 1.37. The van der Waals surface area contributed by atoms with Gasteiger partial charge in [0.05, 0.1) is 47.8 Å². The van der Waals surface area contributed by atoms with Crippen molar-refractivity contribution in [3.63, 3.8) is 0 Å². The molecule has 9 heteroatoms. The van der Waals surface area contributed by atoms with Crippen molar-refractivity contribution in [3.05, 3.63) is 40.3 Å². The fraction of sp³-hybridized carbons (Fsp3) is 0.333. The van der Waals surface area contributed by atoms with E-state index in [2.05, 4.69) is 15.3 Å². The number of fused-ring (bicyclic) bond motifs is 1. The number of aromatic nitrogens is 2. The van der Waals surface area contributed by atoms with Crippen LogP contribution in [0.15, 0.2) is 24.4 Å². The van der Waals surface area contributed by atoms with E-state index in [1.807, 2.05) is 0 Å². The average Bonchev–Trinajstić information content (AvgIpc) is 2.76. The summed E-state index contributed by atoms with van der Waals surface area (Å²) in [5.74, 6) is 0.569. The fourth-order valence-corrected chi connectivity index (χ4v) is 4.20. The fourth-order valence-electron chi connectivity index (χ4n) is 3.49. The van der Waals surface area contributed by atoms with Gasteiger partial charge in [-0.1, -0.05) is 23.2 Å². The van der Waals surface area contributed by atoms with Gasteiger partial charge in [0.15, 0.2) is 0 Å². The van der Waals surface area contributed by atoms with Crippen molar-refractivity contribution in [1.29, 1.82) is 0 Å². The van der Waals surface area contributed by atoms with Crippen LogP contribution < -0.4 is 14.8 Å². The van der Waals surface area contributed by atoms with Gasteiger partial charge in [-0.15, -0.1) is 0 Å². The van der Waals surface area contributed by atoms with Gasteiger partial charge >= 0.3 is 0 Å². The molecular weight excluding hydrogens is 432 g/mol. The van der Waals surface area contributed by atoms with Crippen LogP contribution in [0.4, 0.5) is 10.3 Å². The monoisotopic (exact) mass is 451 g/mol. The Kier molecular flexibility index (Phi) is 6.13. The first kappa shape index (κ1) is 20.9. The highest BCUT2D eigenvalue weighted by atomic mass is 35.5. The highest BCUT2D eigenvalue weighted by molar-refractivity contribution is 6.41. The van der Waals surface area contributed by atoms with Crippen LogP contribution in [0.3, 0.4) is 0 Å². The Labute approximate surface area is 183 Å². The van der Waals surface area contributed by atoms with Gasteiger partial charge in [0.25, 0.3) is 0 Å². The lowest BCUT2D eigenvalue weighted by Crippen LogP contribution is -2.30. The number of methoxy groups -OCH3 is 2. The molecule has 0 bridgehead atoms. The number of anilines is 1. The first-order chi connectivity index (χ1) is 14.5. The van der Waals surface area contributed by atoms with E-state index >= 15 is 4.39 Å². The van der Waals surface area contributed by atoms with Gasteiger partial charge in [0, 0.05) is 30.0 Å². The molecule has 6 nitrogen and oxygen atoms in total. The summed E-state index contributed by atoms with van der Waals surface area (Å²) >= 11 is 12.9. The molecule has 30 heavy (non-hydrogen) atoms. The molecule has 1 aliphatic rings. The predicted molar refractivity (Wildman–Crippen MR) is 116 cm³/mol. The number of ether oxygens (including phenoxy) is 3. The van der Waals surface area contributed by atoms with Gasteiger partial charge in [-0.2, -0.15) is 0 Å². The molecule has 1 aromatic heterocycles. The molecule has 0 radical (unpaired) electrons. The van der Waals surface area contributed by atoms with Gasteiger partial charge in [0.2, 0.25) is 5.95 Å². The van der Waals surface area contributed by atoms with Crippen molar-refractivity contribution in [2.75, 3.05) is 32.8 Å². The molecule has 1 unspecified atom stereocenters. The highest BCUT2D eigenvalue weighted by Crippen LogP contribution is 2.47. The van der Waals surface area contributed by atoms with Crippen molar-refractivity contribution in [2.24, 2.45) is 0 Å². The van der Waals surface area contributed by atoms with Crippen molar-refractivity contribution < 1.29 is 18.6 Å². The van der Waals surface area contributed by atoms with Crippen LogP contribution in [0.25, 0.3) is 22.0 Å². The molecule has 1 aliphatic heterocycles. The minimum Gasteiger partial charge on any atom is -0.495 e. The van der Waals surface area contributed by atoms with Crippen LogP contribution in [0.2, 0.25) is 10.0 Å². The lowest BCUT2D eigenvalue weighted by molar-refractivity contribution is 0.0874. The van der Waals surface area contributed by atoms with Crippen molar-refractivity contribution in [1.82, 2.24) is 9.97 Å². The number of hydrogen-bond donors (Lipinski definition) is 1. The number of nitrogens with zero attached hydrogens (tertiary/aromatic N) is 2. The Balaban J connectivity index is 1.77. The molecular formula is C21H20Cl2FN3O3. The Morgan fingerprint density at radius 3 is 2.53 bits per heavy atom. The summed E-state index contributed by atoms with van der Waals surface area (Å²) in [5, 5.41) is 3.88.